The third-order valence-electron chi connectivity index (χ3n) is 3.27. The Labute approximate surface area is 113 Å². The van der Waals surface area contributed by atoms with Crippen LogP contribution < -0.4 is 4.74 Å². The molecule has 2 aromatic rings. The van der Waals surface area contributed by atoms with E-state index in [1.165, 1.54) is 0 Å². The van der Waals surface area contributed by atoms with Crippen LogP contribution in [0.15, 0.2) is 36.5 Å². The molecule has 0 aliphatic carbocycles. The SMILES string of the molecule is COc1cc(C)c(C(O)Cc2ccccn2)cc1C. The number of aromatic nitrogens is 1. The summed E-state index contributed by atoms with van der Waals surface area (Å²) in [5.74, 6) is 0.853. The molecule has 0 aliphatic heterocycles. The highest BCUT2D eigenvalue weighted by Crippen LogP contribution is 2.28. The van der Waals surface area contributed by atoms with Crippen LogP contribution in [-0.4, -0.2) is 17.2 Å². The number of hydrogen-bond acceptors (Lipinski definition) is 3. The molecular weight excluding hydrogens is 238 g/mol. The normalized spacial score (nSPS) is 12.2. The molecule has 3 nitrogen and oxygen atoms in total. The maximum absolute atomic E-state index is 10.4. The molecule has 0 saturated heterocycles. The third kappa shape index (κ3) is 3.12. The lowest BCUT2D eigenvalue weighted by atomic mass is 9.97. The van der Waals surface area contributed by atoms with E-state index in [-0.39, 0.29) is 0 Å². The minimum Gasteiger partial charge on any atom is -0.496 e. The van der Waals surface area contributed by atoms with Crippen molar-refractivity contribution in [2.24, 2.45) is 0 Å². The second-order valence-corrected chi connectivity index (χ2v) is 4.72. The largest absolute Gasteiger partial charge is 0.496 e. The standard InChI is InChI=1S/C16H19NO2/c1-11-9-16(19-3)12(2)8-14(11)15(18)10-13-6-4-5-7-17-13/h4-9,15,18H,10H2,1-3H3. The fourth-order valence-electron chi connectivity index (χ4n) is 2.22. The number of rotatable bonds is 4. The molecule has 1 atom stereocenters. The van der Waals surface area contributed by atoms with Crippen molar-refractivity contribution in [2.75, 3.05) is 7.11 Å². The smallest absolute Gasteiger partial charge is 0.122 e. The Kier molecular flexibility index (Phi) is 4.17. The van der Waals surface area contributed by atoms with Crippen molar-refractivity contribution in [3.05, 3.63) is 58.9 Å². The fourth-order valence-corrected chi connectivity index (χ4v) is 2.22. The second-order valence-electron chi connectivity index (χ2n) is 4.72. The molecule has 0 aliphatic rings. The zero-order valence-corrected chi connectivity index (χ0v) is 11.6. The molecule has 0 spiro atoms. The molecule has 100 valence electrons. The molecule has 0 saturated carbocycles. The number of benzene rings is 1. The first-order chi connectivity index (χ1) is 9.11. The van der Waals surface area contributed by atoms with E-state index in [0.29, 0.717) is 6.42 Å². The van der Waals surface area contributed by atoms with Crippen LogP contribution in [0.2, 0.25) is 0 Å². The lowest BCUT2D eigenvalue weighted by Crippen LogP contribution is -2.06. The molecule has 1 aromatic heterocycles. The number of aliphatic hydroxyl groups excluding tert-OH is 1. The van der Waals surface area contributed by atoms with Gasteiger partial charge in [0, 0.05) is 18.3 Å². The number of aliphatic hydroxyl groups is 1. The lowest BCUT2D eigenvalue weighted by molar-refractivity contribution is 0.176. The van der Waals surface area contributed by atoms with Gasteiger partial charge in [0.2, 0.25) is 0 Å². The van der Waals surface area contributed by atoms with Gasteiger partial charge in [0.15, 0.2) is 0 Å². The van der Waals surface area contributed by atoms with Crippen molar-refractivity contribution < 1.29 is 9.84 Å². The van der Waals surface area contributed by atoms with Gasteiger partial charge in [-0.1, -0.05) is 6.07 Å². The van der Waals surface area contributed by atoms with Crippen LogP contribution in [-0.2, 0) is 6.42 Å². The average Bonchev–Trinajstić information content (AvgIpc) is 2.42. The summed E-state index contributed by atoms with van der Waals surface area (Å²) in [6, 6.07) is 9.68. The summed E-state index contributed by atoms with van der Waals surface area (Å²) in [6.45, 7) is 3.97. The Morgan fingerprint density at radius 1 is 1.21 bits per heavy atom. The zero-order chi connectivity index (χ0) is 13.8. The van der Waals surface area contributed by atoms with Gasteiger partial charge in [0.05, 0.1) is 13.2 Å². The van der Waals surface area contributed by atoms with Crippen molar-refractivity contribution >= 4 is 0 Å². The summed E-state index contributed by atoms with van der Waals surface area (Å²) in [5, 5.41) is 10.4. The van der Waals surface area contributed by atoms with Gasteiger partial charge < -0.3 is 9.84 Å². The van der Waals surface area contributed by atoms with Crippen LogP contribution in [0.1, 0.15) is 28.5 Å². The monoisotopic (exact) mass is 257 g/mol. The van der Waals surface area contributed by atoms with Gasteiger partial charge in [-0.2, -0.15) is 0 Å². The van der Waals surface area contributed by atoms with E-state index in [0.717, 1.165) is 28.1 Å². The van der Waals surface area contributed by atoms with E-state index in [4.69, 9.17) is 4.74 Å². The Morgan fingerprint density at radius 3 is 2.63 bits per heavy atom. The van der Waals surface area contributed by atoms with E-state index in [1.807, 2.05) is 44.2 Å². The summed E-state index contributed by atoms with van der Waals surface area (Å²) in [6.07, 6.45) is 1.72. The van der Waals surface area contributed by atoms with Crippen LogP contribution in [0.3, 0.4) is 0 Å². The van der Waals surface area contributed by atoms with Gasteiger partial charge in [-0.25, -0.2) is 0 Å². The third-order valence-corrected chi connectivity index (χ3v) is 3.27. The van der Waals surface area contributed by atoms with Crippen molar-refractivity contribution in [2.45, 2.75) is 26.4 Å². The lowest BCUT2D eigenvalue weighted by Gasteiger charge is -2.16. The van der Waals surface area contributed by atoms with Crippen molar-refractivity contribution in [1.29, 1.82) is 0 Å². The molecule has 1 N–H and O–H groups in total. The van der Waals surface area contributed by atoms with Crippen LogP contribution in [0, 0.1) is 13.8 Å². The van der Waals surface area contributed by atoms with E-state index in [9.17, 15) is 5.11 Å². The Bertz CT molecular complexity index is 552. The highest BCUT2D eigenvalue weighted by Gasteiger charge is 2.14. The van der Waals surface area contributed by atoms with Gasteiger partial charge in [-0.3, -0.25) is 4.98 Å². The van der Waals surface area contributed by atoms with Gasteiger partial charge in [0.25, 0.3) is 0 Å². The van der Waals surface area contributed by atoms with Crippen LogP contribution in [0.4, 0.5) is 0 Å². The second kappa shape index (κ2) is 5.85. The Balaban J connectivity index is 2.24. The first-order valence-corrected chi connectivity index (χ1v) is 6.35. The predicted octanol–water partition coefficient (Wildman–Crippen LogP) is 2.98. The van der Waals surface area contributed by atoms with Crippen molar-refractivity contribution in [3.8, 4) is 5.75 Å². The number of methoxy groups -OCH3 is 1. The van der Waals surface area contributed by atoms with Gasteiger partial charge in [-0.05, 0) is 54.8 Å². The quantitative estimate of drug-likeness (QED) is 0.915. The number of ether oxygens (including phenoxy) is 1. The van der Waals surface area contributed by atoms with E-state index in [1.54, 1.807) is 13.3 Å². The molecule has 0 bridgehead atoms. The van der Waals surface area contributed by atoms with Crippen molar-refractivity contribution in [3.63, 3.8) is 0 Å². The van der Waals surface area contributed by atoms with Gasteiger partial charge in [0.1, 0.15) is 5.75 Å². The van der Waals surface area contributed by atoms with Crippen LogP contribution >= 0.6 is 0 Å². The van der Waals surface area contributed by atoms with Crippen molar-refractivity contribution in [1.82, 2.24) is 4.98 Å². The minimum atomic E-state index is -0.542. The first-order valence-electron chi connectivity index (χ1n) is 6.35. The minimum absolute atomic E-state index is 0.521. The number of aryl methyl sites for hydroxylation is 2. The molecule has 19 heavy (non-hydrogen) atoms. The number of hydrogen-bond donors (Lipinski definition) is 1. The van der Waals surface area contributed by atoms with E-state index >= 15 is 0 Å². The molecule has 0 fully saturated rings. The summed E-state index contributed by atoms with van der Waals surface area (Å²) in [4.78, 5) is 4.25. The maximum atomic E-state index is 10.4. The molecular formula is C16H19NO2. The summed E-state index contributed by atoms with van der Waals surface area (Å²) >= 11 is 0. The fraction of sp³-hybridized carbons (Fsp3) is 0.312. The van der Waals surface area contributed by atoms with Crippen LogP contribution in [0.25, 0.3) is 0 Å². The number of pyridine rings is 1. The van der Waals surface area contributed by atoms with Crippen LogP contribution in [0.5, 0.6) is 5.75 Å². The Hall–Kier alpha value is -1.87. The summed E-state index contributed by atoms with van der Waals surface area (Å²) < 4.78 is 5.28. The summed E-state index contributed by atoms with van der Waals surface area (Å²) in [7, 11) is 1.66. The molecule has 3 heteroatoms. The maximum Gasteiger partial charge on any atom is 0.122 e. The molecule has 1 unspecified atom stereocenters. The van der Waals surface area contributed by atoms with E-state index in [2.05, 4.69) is 4.98 Å². The van der Waals surface area contributed by atoms with Gasteiger partial charge >= 0.3 is 0 Å². The van der Waals surface area contributed by atoms with Gasteiger partial charge in [-0.15, -0.1) is 0 Å². The average molecular weight is 257 g/mol. The molecule has 1 aromatic carbocycles. The predicted molar refractivity (Wildman–Crippen MR) is 75.4 cm³/mol. The highest BCUT2D eigenvalue weighted by atomic mass is 16.5. The zero-order valence-electron chi connectivity index (χ0n) is 11.6. The summed E-state index contributed by atoms with van der Waals surface area (Å²) in [5.41, 5.74) is 3.89. The van der Waals surface area contributed by atoms with E-state index < -0.39 is 6.10 Å². The first kappa shape index (κ1) is 13.6. The highest BCUT2D eigenvalue weighted by molar-refractivity contribution is 5.42. The molecule has 0 amide bonds. The number of nitrogens with zero attached hydrogens (tertiary/aromatic N) is 1. The molecule has 1 heterocycles. The molecule has 0 radical (unpaired) electrons. The molecule has 2 rings (SSSR count). The topological polar surface area (TPSA) is 42.4 Å². The Morgan fingerprint density at radius 2 is 2.00 bits per heavy atom.